The molecule has 1 fully saturated rings. The molecule has 146 valence electrons. The molecule has 0 aromatic heterocycles. The molecule has 2 aromatic carbocycles. The standard InChI is InChI=1S/C21H25FN2O2.ClH/c1-15(16-7-9-17(22)10-8-16)13-21(25)24-12-11-23-14-19(24)18-5-3-4-6-20(18)26-2;/h3-10,15,19,23H,11-14H2,1-2H3;1H. The summed E-state index contributed by atoms with van der Waals surface area (Å²) < 4.78 is 18.6. The average Bonchev–Trinajstić information content (AvgIpc) is 2.68. The Morgan fingerprint density at radius 2 is 1.96 bits per heavy atom. The molecule has 1 saturated heterocycles. The van der Waals surface area contributed by atoms with E-state index in [0.29, 0.717) is 19.5 Å². The van der Waals surface area contributed by atoms with Gasteiger partial charge >= 0.3 is 0 Å². The summed E-state index contributed by atoms with van der Waals surface area (Å²) in [5.41, 5.74) is 1.99. The molecule has 6 heteroatoms. The molecule has 1 heterocycles. The number of nitrogens with zero attached hydrogens (tertiary/aromatic N) is 1. The molecule has 2 atom stereocenters. The number of carbonyl (C=O) groups is 1. The summed E-state index contributed by atoms with van der Waals surface area (Å²) in [7, 11) is 1.65. The Kier molecular flexibility index (Phi) is 7.63. The fourth-order valence-corrected chi connectivity index (χ4v) is 3.51. The minimum absolute atomic E-state index is 0. The van der Waals surface area contributed by atoms with Gasteiger partial charge < -0.3 is 15.0 Å². The monoisotopic (exact) mass is 392 g/mol. The first kappa shape index (κ1) is 21.2. The fourth-order valence-electron chi connectivity index (χ4n) is 3.51. The van der Waals surface area contributed by atoms with Crippen LogP contribution >= 0.6 is 12.4 Å². The summed E-state index contributed by atoms with van der Waals surface area (Å²) in [4.78, 5) is 15.0. The Morgan fingerprint density at radius 1 is 1.26 bits per heavy atom. The molecule has 0 spiro atoms. The van der Waals surface area contributed by atoms with Crippen molar-refractivity contribution in [3.63, 3.8) is 0 Å². The summed E-state index contributed by atoms with van der Waals surface area (Å²) in [6, 6.07) is 14.2. The maximum Gasteiger partial charge on any atom is 0.223 e. The second-order valence-corrected chi connectivity index (χ2v) is 6.71. The van der Waals surface area contributed by atoms with Crippen molar-refractivity contribution in [1.82, 2.24) is 10.2 Å². The number of nitrogens with one attached hydrogen (secondary N) is 1. The van der Waals surface area contributed by atoms with E-state index in [1.54, 1.807) is 19.2 Å². The van der Waals surface area contributed by atoms with Crippen LogP contribution in [-0.4, -0.2) is 37.6 Å². The van der Waals surface area contributed by atoms with Crippen LogP contribution in [0, 0.1) is 5.82 Å². The molecule has 3 rings (SSSR count). The third-order valence-corrected chi connectivity index (χ3v) is 4.98. The van der Waals surface area contributed by atoms with Crippen LogP contribution in [0.4, 0.5) is 4.39 Å². The second-order valence-electron chi connectivity index (χ2n) is 6.71. The number of benzene rings is 2. The maximum absolute atomic E-state index is 13.1. The van der Waals surface area contributed by atoms with E-state index in [1.807, 2.05) is 36.1 Å². The van der Waals surface area contributed by atoms with Gasteiger partial charge in [0.05, 0.1) is 13.2 Å². The smallest absolute Gasteiger partial charge is 0.223 e. The Bertz CT molecular complexity index is 754. The van der Waals surface area contributed by atoms with Gasteiger partial charge in [0.2, 0.25) is 5.91 Å². The lowest BCUT2D eigenvalue weighted by molar-refractivity contribution is -0.134. The van der Waals surface area contributed by atoms with E-state index in [4.69, 9.17) is 4.74 Å². The van der Waals surface area contributed by atoms with Gasteiger partial charge in [-0.1, -0.05) is 37.3 Å². The molecule has 1 aliphatic rings. The Morgan fingerprint density at radius 3 is 2.67 bits per heavy atom. The van der Waals surface area contributed by atoms with Gasteiger partial charge in [0.15, 0.2) is 0 Å². The summed E-state index contributed by atoms with van der Waals surface area (Å²) in [6.07, 6.45) is 0.400. The minimum Gasteiger partial charge on any atom is -0.496 e. The predicted molar refractivity (Wildman–Crippen MR) is 107 cm³/mol. The number of ether oxygens (including phenoxy) is 1. The normalized spacial score (nSPS) is 17.7. The summed E-state index contributed by atoms with van der Waals surface area (Å²) in [5, 5.41) is 3.37. The molecular weight excluding hydrogens is 367 g/mol. The molecule has 1 amide bonds. The van der Waals surface area contributed by atoms with Crippen LogP contribution in [0.5, 0.6) is 5.75 Å². The number of piperazine rings is 1. The van der Waals surface area contributed by atoms with Crippen molar-refractivity contribution in [2.24, 2.45) is 0 Å². The highest BCUT2D eigenvalue weighted by Crippen LogP contribution is 2.31. The van der Waals surface area contributed by atoms with Crippen molar-refractivity contribution in [2.45, 2.75) is 25.3 Å². The van der Waals surface area contributed by atoms with E-state index < -0.39 is 0 Å². The molecule has 0 aliphatic carbocycles. The number of para-hydroxylation sites is 1. The van der Waals surface area contributed by atoms with Gasteiger partial charge in [0, 0.05) is 31.6 Å². The Hall–Kier alpha value is -2.11. The van der Waals surface area contributed by atoms with Crippen LogP contribution in [0.2, 0.25) is 0 Å². The van der Waals surface area contributed by atoms with E-state index in [9.17, 15) is 9.18 Å². The molecule has 0 bridgehead atoms. The molecule has 0 saturated carbocycles. The van der Waals surface area contributed by atoms with Crippen LogP contribution in [0.3, 0.4) is 0 Å². The van der Waals surface area contributed by atoms with E-state index in [1.165, 1.54) is 12.1 Å². The number of methoxy groups -OCH3 is 1. The molecular formula is C21H26ClFN2O2. The molecule has 1 aliphatic heterocycles. The van der Waals surface area contributed by atoms with Crippen molar-refractivity contribution >= 4 is 18.3 Å². The Balaban J connectivity index is 0.00000261. The van der Waals surface area contributed by atoms with E-state index >= 15 is 0 Å². The van der Waals surface area contributed by atoms with Crippen molar-refractivity contribution in [3.8, 4) is 5.75 Å². The second kappa shape index (κ2) is 9.72. The van der Waals surface area contributed by atoms with Crippen molar-refractivity contribution < 1.29 is 13.9 Å². The number of carbonyl (C=O) groups excluding carboxylic acids is 1. The third-order valence-electron chi connectivity index (χ3n) is 4.98. The van der Waals surface area contributed by atoms with E-state index in [2.05, 4.69) is 5.32 Å². The zero-order valence-electron chi connectivity index (χ0n) is 15.7. The van der Waals surface area contributed by atoms with Gasteiger partial charge in [0.1, 0.15) is 11.6 Å². The molecule has 4 nitrogen and oxygen atoms in total. The highest BCUT2D eigenvalue weighted by molar-refractivity contribution is 5.85. The van der Waals surface area contributed by atoms with Crippen LogP contribution in [0.1, 0.15) is 36.4 Å². The molecule has 27 heavy (non-hydrogen) atoms. The van der Waals surface area contributed by atoms with Gasteiger partial charge in [-0.05, 0) is 29.7 Å². The summed E-state index contributed by atoms with van der Waals surface area (Å²) in [6.45, 7) is 4.16. The van der Waals surface area contributed by atoms with Crippen molar-refractivity contribution in [2.75, 3.05) is 26.7 Å². The topological polar surface area (TPSA) is 41.6 Å². The minimum atomic E-state index is -0.259. The van der Waals surface area contributed by atoms with Gasteiger partial charge in [0.25, 0.3) is 0 Å². The van der Waals surface area contributed by atoms with Crippen molar-refractivity contribution in [3.05, 3.63) is 65.5 Å². The van der Waals surface area contributed by atoms with Crippen LogP contribution in [0.15, 0.2) is 48.5 Å². The lowest BCUT2D eigenvalue weighted by Gasteiger charge is -2.37. The largest absolute Gasteiger partial charge is 0.496 e. The molecule has 1 N–H and O–H groups in total. The SMILES string of the molecule is COc1ccccc1C1CNCCN1C(=O)CC(C)c1ccc(F)cc1.Cl. The van der Waals surface area contributed by atoms with Gasteiger partial charge in [-0.25, -0.2) is 4.39 Å². The summed E-state index contributed by atoms with van der Waals surface area (Å²) in [5.74, 6) is 0.687. The number of hydrogen-bond acceptors (Lipinski definition) is 3. The quantitative estimate of drug-likeness (QED) is 0.838. The predicted octanol–water partition coefficient (Wildman–Crippen LogP) is 3.92. The van der Waals surface area contributed by atoms with Gasteiger partial charge in [-0.2, -0.15) is 0 Å². The number of halogens is 2. The molecule has 2 aromatic rings. The molecule has 2 unspecified atom stereocenters. The first-order valence-corrected chi connectivity index (χ1v) is 8.98. The number of amides is 1. The van der Waals surface area contributed by atoms with Crippen molar-refractivity contribution in [1.29, 1.82) is 0 Å². The summed E-state index contributed by atoms with van der Waals surface area (Å²) >= 11 is 0. The molecule has 0 radical (unpaired) electrons. The van der Waals surface area contributed by atoms with E-state index in [0.717, 1.165) is 23.4 Å². The highest BCUT2D eigenvalue weighted by atomic mass is 35.5. The maximum atomic E-state index is 13.1. The lowest BCUT2D eigenvalue weighted by atomic mass is 9.95. The van der Waals surface area contributed by atoms with E-state index in [-0.39, 0.29) is 36.1 Å². The first-order chi connectivity index (χ1) is 12.6. The fraction of sp³-hybridized carbons (Fsp3) is 0.381. The lowest BCUT2D eigenvalue weighted by Crippen LogP contribution is -2.49. The number of rotatable bonds is 5. The van der Waals surface area contributed by atoms with Crippen LogP contribution < -0.4 is 10.1 Å². The zero-order valence-corrected chi connectivity index (χ0v) is 16.5. The highest BCUT2D eigenvalue weighted by Gasteiger charge is 2.30. The van der Waals surface area contributed by atoms with Gasteiger partial charge in [-0.15, -0.1) is 12.4 Å². The Labute approximate surface area is 166 Å². The van der Waals surface area contributed by atoms with Gasteiger partial charge in [-0.3, -0.25) is 4.79 Å². The number of hydrogen-bond donors (Lipinski definition) is 1. The zero-order chi connectivity index (χ0) is 18.5. The third kappa shape index (κ3) is 4.99. The first-order valence-electron chi connectivity index (χ1n) is 8.98. The van der Waals surface area contributed by atoms with Crippen LogP contribution in [-0.2, 0) is 4.79 Å². The average molecular weight is 393 g/mol. The van der Waals surface area contributed by atoms with Crippen LogP contribution in [0.25, 0.3) is 0 Å².